The topological polar surface area (TPSA) is 84.1 Å². The summed E-state index contributed by atoms with van der Waals surface area (Å²) in [6.07, 6.45) is 0. The number of anilines is 1. The summed E-state index contributed by atoms with van der Waals surface area (Å²) in [5.41, 5.74) is 1.79. The van der Waals surface area contributed by atoms with E-state index in [1.165, 1.54) is 6.92 Å². The van der Waals surface area contributed by atoms with Crippen molar-refractivity contribution in [1.82, 2.24) is 9.97 Å². The van der Waals surface area contributed by atoms with Crippen molar-refractivity contribution in [2.45, 2.75) is 6.92 Å². The Morgan fingerprint density at radius 1 is 0.964 bits per heavy atom. The molecule has 1 aromatic heterocycles. The summed E-state index contributed by atoms with van der Waals surface area (Å²) in [5.74, 6) is 1.47. The fourth-order valence-electron chi connectivity index (χ4n) is 2.90. The number of carbonyl (C=O) groups is 1. The van der Waals surface area contributed by atoms with E-state index in [2.05, 4.69) is 15.3 Å². The van der Waals surface area contributed by atoms with Crippen LogP contribution in [-0.4, -0.2) is 15.9 Å². The molecule has 0 aliphatic heterocycles. The lowest BCUT2D eigenvalue weighted by Crippen LogP contribution is -2.09. The van der Waals surface area contributed by atoms with Gasteiger partial charge in [0.1, 0.15) is 17.3 Å². The van der Waals surface area contributed by atoms with Gasteiger partial charge < -0.3 is 15.0 Å². The van der Waals surface area contributed by atoms with Gasteiger partial charge in [-0.05, 0) is 48.5 Å². The van der Waals surface area contributed by atoms with Crippen LogP contribution in [0.5, 0.6) is 11.5 Å². The molecule has 0 unspecified atom stereocenters. The van der Waals surface area contributed by atoms with Gasteiger partial charge >= 0.3 is 0 Å². The smallest absolute Gasteiger partial charge is 0.259 e. The Balaban J connectivity index is 1.70. The Hall–Kier alpha value is -3.93. The summed E-state index contributed by atoms with van der Waals surface area (Å²) in [5, 5.41) is 3.25. The van der Waals surface area contributed by atoms with Gasteiger partial charge in [-0.15, -0.1) is 0 Å². The molecule has 2 N–H and O–H groups in total. The molecule has 0 atom stereocenters. The second kappa shape index (κ2) is 7.36. The van der Waals surface area contributed by atoms with Crippen molar-refractivity contribution in [2.75, 3.05) is 5.32 Å². The lowest BCUT2D eigenvalue weighted by atomic mass is 10.1. The third kappa shape index (κ3) is 3.61. The number of aromatic nitrogens is 2. The van der Waals surface area contributed by atoms with Crippen LogP contribution in [0.15, 0.2) is 77.6 Å². The van der Waals surface area contributed by atoms with Gasteiger partial charge in [-0.2, -0.15) is 0 Å². The number of fused-ring (bicyclic) bond motifs is 1. The molecule has 0 spiro atoms. The maximum absolute atomic E-state index is 12.4. The van der Waals surface area contributed by atoms with Crippen LogP contribution in [0, 0.1) is 0 Å². The molecule has 138 valence electrons. The van der Waals surface area contributed by atoms with Gasteiger partial charge in [0.05, 0.1) is 16.5 Å². The number of hydrogen-bond donors (Lipinski definition) is 2. The fraction of sp³-hybridized carbons (Fsp3) is 0.0455. The summed E-state index contributed by atoms with van der Waals surface area (Å²) in [4.78, 5) is 30.9. The van der Waals surface area contributed by atoms with Gasteiger partial charge in [0.25, 0.3) is 5.56 Å². The van der Waals surface area contributed by atoms with Crippen LogP contribution < -0.4 is 15.6 Å². The monoisotopic (exact) mass is 371 g/mol. The van der Waals surface area contributed by atoms with E-state index in [0.717, 1.165) is 0 Å². The molecule has 0 saturated heterocycles. The van der Waals surface area contributed by atoms with Crippen LogP contribution in [0.25, 0.3) is 22.3 Å². The number of rotatable bonds is 4. The predicted molar refractivity (Wildman–Crippen MR) is 109 cm³/mol. The number of carbonyl (C=O) groups excluding carboxylic acids is 1. The average molecular weight is 371 g/mol. The molecule has 1 heterocycles. The van der Waals surface area contributed by atoms with Gasteiger partial charge in [0.2, 0.25) is 5.91 Å². The normalized spacial score (nSPS) is 10.6. The Bertz CT molecular complexity index is 1210. The first-order valence-electron chi connectivity index (χ1n) is 8.74. The van der Waals surface area contributed by atoms with E-state index in [0.29, 0.717) is 39.5 Å². The molecular weight excluding hydrogens is 354 g/mol. The second-order valence-corrected chi connectivity index (χ2v) is 6.24. The number of benzene rings is 3. The van der Waals surface area contributed by atoms with Crippen molar-refractivity contribution < 1.29 is 9.53 Å². The number of nitrogens with one attached hydrogen (secondary N) is 2. The van der Waals surface area contributed by atoms with Crippen molar-refractivity contribution in [2.24, 2.45) is 0 Å². The highest BCUT2D eigenvalue weighted by atomic mass is 16.5. The third-order valence-corrected chi connectivity index (χ3v) is 4.16. The number of amides is 1. The van der Waals surface area contributed by atoms with Crippen molar-refractivity contribution >= 4 is 22.5 Å². The van der Waals surface area contributed by atoms with E-state index in [4.69, 9.17) is 4.74 Å². The van der Waals surface area contributed by atoms with Gasteiger partial charge in [0.15, 0.2) is 0 Å². The number of aromatic amines is 1. The molecule has 0 radical (unpaired) electrons. The lowest BCUT2D eigenvalue weighted by Gasteiger charge is -2.11. The van der Waals surface area contributed by atoms with E-state index in [9.17, 15) is 9.59 Å². The molecule has 28 heavy (non-hydrogen) atoms. The number of ether oxygens (including phenoxy) is 1. The van der Waals surface area contributed by atoms with E-state index in [-0.39, 0.29) is 11.5 Å². The number of hydrogen-bond acceptors (Lipinski definition) is 4. The van der Waals surface area contributed by atoms with Crippen molar-refractivity contribution in [3.8, 4) is 22.9 Å². The maximum Gasteiger partial charge on any atom is 0.259 e. The summed E-state index contributed by atoms with van der Waals surface area (Å²) in [6, 6.07) is 21.6. The van der Waals surface area contributed by atoms with Gasteiger partial charge in [0, 0.05) is 12.6 Å². The largest absolute Gasteiger partial charge is 0.457 e. The predicted octanol–water partition coefficient (Wildman–Crippen LogP) is 4.34. The minimum Gasteiger partial charge on any atom is -0.457 e. The molecule has 3 aromatic carbocycles. The summed E-state index contributed by atoms with van der Waals surface area (Å²) in [7, 11) is 0. The molecule has 4 aromatic rings. The number of para-hydroxylation sites is 2. The summed E-state index contributed by atoms with van der Waals surface area (Å²) < 4.78 is 6.00. The van der Waals surface area contributed by atoms with Gasteiger partial charge in [-0.1, -0.05) is 24.3 Å². The SMILES string of the molecule is CC(=O)Nc1ccc(Oc2ccccc2-c2nc3ccccc3c(=O)[nH]2)cc1. The molecule has 0 aliphatic rings. The van der Waals surface area contributed by atoms with E-state index in [1.54, 1.807) is 42.5 Å². The Morgan fingerprint density at radius 3 is 2.46 bits per heavy atom. The number of H-pyrrole nitrogens is 1. The first-order valence-corrected chi connectivity index (χ1v) is 8.74. The third-order valence-electron chi connectivity index (χ3n) is 4.16. The lowest BCUT2D eigenvalue weighted by molar-refractivity contribution is -0.114. The highest BCUT2D eigenvalue weighted by molar-refractivity contribution is 5.88. The molecule has 6 nitrogen and oxygen atoms in total. The molecule has 0 aliphatic carbocycles. The summed E-state index contributed by atoms with van der Waals surface area (Å²) in [6.45, 7) is 1.46. The van der Waals surface area contributed by atoms with Crippen molar-refractivity contribution in [3.63, 3.8) is 0 Å². The standard InChI is InChI=1S/C22H17N3O3/c1-14(26)23-15-10-12-16(13-11-15)28-20-9-5-3-7-18(20)21-24-19-8-4-2-6-17(19)22(27)25-21/h2-13H,1H3,(H,23,26)(H,24,25,27). The first-order chi connectivity index (χ1) is 13.6. The Kier molecular flexibility index (Phi) is 4.60. The van der Waals surface area contributed by atoms with E-state index >= 15 is 0 Å². The molecule has 0 bridgehead atoms. The van der Waals surface area contributed by atoms with Crippen LogP contribution in [0.4, 0.5) is 5.69 Å². The van der Waals surface area contributed by atoms with Crippen LogP contribution in [0.1, 0.15) is 6.92 Å². The molecule has 0 saturated carbocycles. The Labute approximate surface area is 160 Å². The number of nitrogens with zero attached hydrogens (tertiary/aromatic N) is 1. The maximum atomic E-state index is 12.4. The minimum absolute atomic E-state index is 0.134. The zero-order valence-corrected chi connectivity index (χ0v) is 15.1. The van der Waals surface area contributed by atoms with Gasteiger partial charge in [-0.25, -0.2) is 4.98 Å². The first kappa shape index (κ1) is 17.5. The van der Waals surface area contributed by atoms with Crippen LogP contribution in [0.3, 0.4) is 0 Å². The highest BCUT2D eigenvalue weighted by Gasteiger charge is 2.11. The second-order valence-electron chi connectivity index (χ2n) is 6.24. The minimum atomic E-state index is -0.199. The van der Waals surface area contributed by atoms with Crippen LogP contribution in [-0.2, 0) is 4.79 Å². The molecular formula is C22H17N3O3. The zero-order chi connectivity index (χ0) is 19.5. The molecule has 1 amide bonds. The van der Waals surface area contributed by atoms with Crippen molar-refractivity contribution in [3.05, 3.63) is 83.2 Å². The van der Waals surface area contributed by atoms with E-state index in [1.807, 2.05) is 30.3 Å². The zero-order valence-electron chi connectivity index (χ0n) is 15.1. The van der Waals surface area contributed by atoms with Crippen LogP contribution in [0.2, 0.25) is 0 Å². The highest BCUT2D eigenvalue weighted by Crippen LogP contribution is 2.31. The fourth-order valence-corrected chi connectivity index (χ4v) is 2.90. The van der Waals surface area contributed by atoms with Gasteiger partial charge in [-0.3, -0.25) is 9.59 Å². The molecule has 4 rings (SSSR count). The molecule has 6 heteroatoms. The van der Waals surface area contributed by atoms with Crippen LogP contribution >= 0.6 is 0 Å². The van der Waals surface area contributed by atoms with E-state index < -0.39 is 0 Å². The van der Waals surface area contributed by atoms with Crippen molar-refractivity contribution in [1.29, 1.82) is 0 Å². The average Bonchev–Trinajstić information content (AvgIpc) is 2.69. The Morgan fingerprint density at radius 2 is 1.68 bits per heavy atom. The quantitative estimate of drug-likeness (QED) is 0.559. The summed E-state index contributed by atoms with van der Waals surface area (Å²) >= 11 is 0. The molecule has 0 fully saturated rings.